The van der Waals surface area contributed by atoms with Crippen molar-refractivity contribution in [3.8, 4) is 0 Å². The van der Waals surface area contributed by atoms with Crippen LogP contribution in [0.2, 0.25) is 0 Å². The van der Waals surface area contributed by atoms with Gasteiger partial charge in [-0.25, -0.2) is 0 Å². The number of nitrogens with one attached hydrogen (secondary N) is 1. The molecule has 1 N–H and O–H groups in total. The van der Waals surface area contributed by atoms with E-state index in [0.717, 1.165) is 30.1 Å². The SMILES string of the molecule is C=C(CC(C)(C)CCC(C)(C)C(C)C)NC(CCCC(C)C)(CCCC(C)C)CCCC(C)C. The third-order valence-electron chi connectivity index (χ3n) is 8.45. The van der Waals surface area contributed by atoms with Gasteiger partial charge >= 0.3 is 0 Å². The van der Waals surface area contributed by atoms with E-state index < -0.39 is 0 Å². The molecule has 0 aliphatic rings. The zero-order chi connectivity index (χ0) is 26.6. The number of hydrogen-bond donors (Lipinski definition) is 1. The van der Waals surface area contributed by atoms with Crippen molar-refractivity contribution in [1.29, 1.82) is 0 Å². The monoisotopic (exact) mass is 478 g/mol. The molecule has 0 spiro atoms. The van der Waals surface area contributed by atoms with E-state index >= 15 is 0 Å². The third kappa shape index (κ3) is 15.5. The fourth-order valence-electron chi connectivity index (χ4n) is 5.14. The number of hydrogen-bond acceptors (Lipinski definition) is 1. The van der Waals surface area contributed by atoms with Crippen molar-refractivity contribution < 1.29 is 0 Å². The summed E-state index contributed by atoms with van der Waals surface area (Å²) in [5.41, 5.74) is 2.20. The molecule has 0 amide bonds. The van der Waals surface area contributed by atoms with Crippen LogP contribution in [0.1, 0.15) is 160 Å². The Morgan fingerprint density at radius 1 is 0.618 bits per heavy atom. The molecule has 0 saturated heterocycles. The van der Waals surface area contributed by atoms with Crippen molar-refractivity contribution in [2.24, 2.45) is 34.5 Å². The summed E-state index contributed by atoms with van der Waals surface area (Å²) in [5, 5.41) is 4.13. The Morgan fingerprint density at radius 3 is 1.32 bits per heavy atom. The molecular weight excluding hydrogens is 410 g/mol. The molecule has 1 heteroatoms. The molecule has 0 aromatic rings. The van der Waals surface area contributed by atoms with E-state index in [4.69, 9.17) is 0 Å². The molecule has 0 aromatic carbocycles. The van der Waals surface area contributed by atoms with Crippen LogP contribution in [0.15, 0.2) is 12.3 Å². The van der Waals surface area contributed by atoms with Crippen LogP contribution in [0.4, 0.5) is 0 Å². The maximum atomic E-state index is 4.62. The molecule has 0 rings (SSSR count). The summed E-state index contributed by atoms with van der Waals surface area (Å²) in [6.45, 7) is 33.3. The van der Waals surface area contributed by atoms with Crippen molar-refractivity contribution >= 4 is 0 Å². The molecule has 1 nitrogen and oxygen atoms in total. The molecule has 0 fully saturated rings. The summed E-state index contributed by atoms with van der Waals surface area (Å²) in [7, 11) is 0. The zero-order valence-electron chi connectivity index (χ0n) is 26.0. The highest BCUT2D eigenvalue weighted by Gasteiger charge is 2.32. The maximum Gasteiger partial charge on any atom is 0.0370 e. The minimum absolute atomic E-state index is 0.225. The summed E-state index contributed by atoms with van der Waals surface area (Å²) in [6, 6.07) is 0. The zero-order valence-corrected chi connectivity index (χ0v) is 26.0. The minimum atomic E-state index is 0.225. The Balaban J connectivity index is 5.44. The highest BCUT2D eigenvalue weighted by Crippen LogP contribution is 2.39. The Morgan fingerprint density at radius 2 is 1.00 bits per heavy atom. The Labute approximate surface area is 217 Å². The second kappa shape index (κ2) is 15.6. The first-order valence-corrected chi connectivity index (χ1v) is 15.0. The molecule has 0 aromatic heterocycles. The van der Waals surface area contributed by atoms with E-state index in [2.05, 4.69) is 95.0 Å². The fraction of sp³-hybridized carbons (Fsp3) is 0.939. The van der Waals surface area contributed by atoms with Crippen LogP contribution in [0.25, 0.3) is 0 Å². The molecule has 0 unspecified atom stereocenters. The summed E-state index contributed by atoms with van der Waals surface area (Å²) < 4.78 is 0. The van der Waals surface area contributed by atoms with E-state index in [-0.39, 0.29) is 11.0 Å². The van der Waals surface area contributed by atoms with Crippen molar-refractivity contribution in [1.82, 2.24) is 5.32 Å². The molecule has 0 atom stereocenters. The lowest BCUT2D eigenvalue weighted by atomic mass is 9.72. The van der Waals surface area contributed by atoms with E-state index in [1.807, 2.05) is 0 Å². The molecule has 0 aliphatic heterocycles. The summed E-state index contributed by atoms with van der Waals surface area (Å²) in [4.78, 5) is 0. The maximum absolute atomic E-state index is 4.62. The van der Waals surface area contributed by atoms with Gasteiger partial charge in [0.05, 0.1) is 0 Å². The quantitative estimate of drug-likeness (QED) is 0.184. The van der Waals surface area contributed by atoms with Gasteiger partial charge in [-0.2, -0.15) is 0 Å². The second-order valence-corrected chi connectivity index (χ2v) is 14.9. The topological polar surface area (TPSA) is 12.0 Å². The molecule has 0 bridgehead atoms. The van der Waals surface area contributed by atoms with Crippen molar-refractivity contribution in [2.75, 3.05) is 0 Å². The predicted octanol–water partition coefficient (Wildman–Crippen LogP) is 11.2. The van der Waals surface area contributed by atoms with E-state index in [0.29, 0.717) is 5.41 Å². The van der Waals surface area contributed by atoms with Crippen LogP contribution in [0.3, 0.4) is 0 Å². The molecule has 0 aliphatic carbocycles. The predicted molar refractivity (Wildman–Crippen MR) is 157 cm³/mol. The van der Waals surface area contributed by atoms with E-state index in [9.17, 15) is 0 Å². The van der Waals surface area contributed by atoms with Gasteiger partial charge in [0.2, 0.25) is 0 Å². The van der Waals surface area contributed by atoms with Gasteiger partial charge in [-0.1, -0.05) is 128 Å². The van der Waals surface area contributed by atoms with Gasteiger partial charge in [0.15, 0.2) is 0 Å². The number of allylic oxidation sites excluding steroid dienone is 1. The fourth-order valence-corrected chi connectivity index (χ4v) is 5.14. The van der Waals surface area contributed by atoms with Crippen molar-refractivity contribution in [2.45, 2.75) is 166 Å². The molecule has 0 radical (unpaired) electrons. The molecule has 0 saturated carbocycles. The minimum Gasteiger partial charge on any atom is -0.383 e. The first-order chi connectivity index (χ1) is 15.5. The second-order valence-electron chi connectivity index (χ2n) is 14.9. The van der Waals surface area contributed by atoms with Crippen molar-refractivity contribution in [3.63, 3.8) is 0 Å². The number of rotatable bonds is 20. The van der Waals surface area contributed by atoms with Crippen molar-refractivity contribution in [3.05, 3.63) is 12.3 Å². The molecule has 0 heterocycles. The lowest BCUT2D eigenvalue weighted by molar-refractivity contribution is 0.176. The first-order valence-electron chi connectivity index (χ1n) is 15.0. The van der Waals surface area contributed by atoms with Gasteiger partial charge in [0.1, 0.15) is 0 Å². The van der Waals surface area contributed by atoms with Crippen LogP contribution >= 0.6 is 0 Å². The van der Waals surface area contributed by atoms with Gasteiger partial charge in [-0.05, 0) is 73.0 Å². The standard InChI is InChI=1S/C33H67N/c1-26(2)17-14-20-33(21-15-18-27(3)4,22-16-19-28(5)6)34-30(9)25-31(10,11)23-24-32(12,13)29(7)8/h26-29,34H,9,14-25H2,1-8,10-13H3. The lowest BCUT2D eigenvalue weighted by Gasteiger charge is -2.40. The van der Waals surface area contributed by atoms with E-state index in [1.165, 1.54) is 76.3 Å². The summed E-state index contributed by atoms with van der Waals surface area (Å²) in [5.74, 6) is 3.08. The average molecular weight is 478 g/mol. The lowest BCUT2D eigenvalue weighted by Crippen LogP contribution is -2.45. The van der Waals surface area contributed by atoms with Gasteiger partial charge < -0.3 is 5.32 Å². The van der Waals surface area contributed by atoms with Gasteiger partial charge in [0.25, 0.3) is 0 Å². The molecule has 34 heavy (non-hydrogen) atoms. The molecular formula is C33H67N. The van der Waals surface area contributed by atoms with Gasteiger partial charge in [-0.15, -0.1) is 0 Å². The first kappa shape index (κ1) is 33.5. The summed E-state index contributed by atoms with van der Waals surface area (Å²) in [6.07, 6.45) is 15.5. The largest absolute Gasteiger partial charge is 0.383 e. The van der Waals surface area contributed by atoms with Gasteiger partial charge in [0, 0.05) is 11.2 Å². The van der Waals surface area contributed by atoms with Gasteiger partial charge in [-0.3, -0.25) is 0 Å². The normalized spacial score (nSPS) is 13.5. The Hall–Kier alpha value is -0.460. The third-order valence-corrected chi connectivity index (χ3v) is 8.45. The van der Waals surface area contributed by atoms with Crippen LogP contribution < -0.4 is 5.32 Å². The van der Waals surface area contributed by atoms with Crippen LogP contribution in [-0.4, -0.2) is 5.54 Å². The highest BCUT2D eigenvalue weighted by atomic mass is 15.0. The molecule has 204 valence electrons. The Bertz CT molecular complexity index is 499. The van der Waals surface area contributed by atoms with E-state index in [1.54, 1.807) is 0 Å². The van der Waals surface area contributed by atoms with Crippen LogP contribution in [0, 0.1) is 34.5 Å². The highest BCUT2D eigenvalue weighted by molar-refractivity contribution is 5.04. The summed E-state index contributed by atoms with van der Waals surface area (Å²) >= 11 is 0. The Kier molecular flexibility index (Phi) is 15.4. The van der Waals surface area contributed by atoms with Crippen LogP contribution in [0.5, 0.6) is 0 Å². The van der Waals surface area contributed by atoms with Crippen LogP contribution in [-0.2, 0) is 0 Å². The smallest absolute Gasteiger partial charge is 0.0370 e. The average Bonchev–Trinajstić information content (AvgIpc) is 2.65.